The Hall–Kier alpha value is -0.850. The van der Waals surface area contributed by atoms with Crippen LogP contribution in [0.3, 0.4) is 0 Å². The van der Waals surface area contributed by atoms with Crippen molar-refractivity contribution in [2.24, 2.45) is 22.9 Å². The molecule has 0 aromatic heterocycles. The molecule has 26 heavy (non-hydrogen) atoms. The maximum Gasteiger partial charge on any atom is 0.236 e. The number of aliphatic hydroxyl groups excluding tert-OH is 1. The molecule has 9 N–H and O–H groups in total. The van der Waals surface area contributed by atoms with E-state index in [1.165, 1.54) is 12.0 Å². The fourth-order valence-corrected chi connectivity index (χ4v) is 3.75. The quantitative estimate of drug-likeness (QED) is 0.325. The molecule has 2 fully saturated rings. The number of carbonyl (C=O) groups is 1. The van der Waals surface area contributed by atoms with E-state index in [-0.39, 0.29) is 24.6 Å². The number of nitrogens with zero attached hydrogens (tertiary/aromatic N) is 1. The van der Waals surface area contributed by atoms with Gasteiger partial charge in [-0.25, -0.2) is 0 Å². The number of nitrogens with two attached hydrogens (primary N) is 4. The van der Waals surface area contributed by atoms with Crippen LogP contribution in [0.2, 0.25) is 0 Å². The molecule has 0 aromatic rings. The summed E-state index contributed by atoms with van der Waals surface area (Å²) in [4.78, 5) is 13.4. The van der Waals surface area contributed by atoms with Gasteiger partial charge in [-0.3, -0.25) is 4.79 Å². The first-order valence-electron chi connectivity index (χ1n) is 9.02. The molecule has 1 amide bonds. The van der Waals surface area contributed by atoms with Gasteiger partial charge in [-0.2, -0.15) is 0 Å². The van der Waals surface area contributed by atoms with Crippen LogP contribution in [0.25, 0.3) is 0 Å². The highest BCUT2D eigenvalue weighted by molar-refractivity contribution is 5.78. The zero-order valence-electron chi connectivity index (χ0n) is 15.5. The van der Waals surface area contributed by atoms with Crippen LogP contribution in [0.15, 0.2) is 0 Å². The van der Waals surface area contributed by atoms with Crippen molar-refractivity contribution >= 4 is 5.91 Å². The van der Waals surface area contributed by atoms with E-state index in [0.29, 0.717) is 19.4 Å². The minimum absolute atomic E-state index is 0.138. The van der Waals surface area contributed by atoms with Crippen molar-refractivity contribution in [3.05, 3.63) is 0 Å². The number of carbonyl (C=O) groups excluding carboxylic acids is 1. The summed E-state index contributed by atoms with van der Waals surface area (Å²) in [5.74, 6) is -0.306. The van der Waals surface area contributed by atoms with Crippen LogP contribution in [0.5, 0.6) is 0 Å². The highest BCUT2D eigenvalue weighted by atomic mass is 16.7. The topological polar surface area (TPSA) is 172 Å². The molecular weight excluding hydrogens is 342 g/mol. The van der Waals surface area contributed by atoms with Crippen LogP contribution in [-0.2, 0) is 19.0 Å². The molecule has 2 aliphatic rings. The molecule has 0 bridgehead atoms. The smallest absolute Gasteiger partial charge is 0.236 e. The summed E-state index contributed by atoms with van der Waals surface area (Å²) in [5.41, 5.74) is 23.5. The lowest BCUT2D eigenvalue weighted by Crippen LogP contribution is -2.67. The molecule has 0 unspecified atom stereocenters. The summed E-state index contributed by atoms with van der Waals surface area (Å²) in [7, 11) is 3.10. The van der Waals surface area contributed by atoms with E-state index in [4.69, 9.17) is 37.1 Å². The largest absolute Gasteiger partial charge is 0.388 e. The molecule has 0 radical (unpaired) electrons. The molecule has 152 valence electrons. The zero-order valence-corrected chi connectivity index (χ0v) is 15.5. The summed E-state index contributed by atoms with van der Waals surface area (Å²) >= 11 is 0. The molecule has 1 saturated carbocycles. The van der Waals surface area contributed by atoms with E-state index in [2.05, 4.69) is 0 Å². The Morgan fingerprint density at radius 1 is 1.27 bits per heavy atom. The van der Waals surface area contributed by atoms with Gasteiger partial charge in [-0.15, -0.1) is 0 Å². The Bertz CT molecular complexity index is 470. The van der Waals surface area contributed by atoms with Crippen LogP contribution in [0.4, 0.5) is 0 Å². The Labute approximate surface area is 154 Å². The number of hydrogen-bond donors (Lipinski definition) is 5. The summed E-state index contributed by atoms with van der Waals surface area (Å²) in [6, 6.07) is -1.47. The number of aliphatic hydroxyl groups is 1. The van der Waals surface area contributed by atoms with Crippen molar-refractivity contribution in [1.82, 2.24) is 4.90 Å². The number of hydrogen-bond acceptors (Lipinski definition) is 9. The van der Waals surface area contributed by atoms with E-state index in [1.54, 1.807) is 7.05 Å². The zero-order chi connectivity index (χ0) is 19.4. The fourth-order valence-electron chi connectivity index (χ4n) is 3.75. The standard InChI is InChI=1S/C16H33N5O5/c1-21(12(22)7-18)13-11(24-2)5-10(20)15(14(13)23)26-16-9(19)4-3-8(6-17)25-16/h8-11,13-16,23H,3-7,17-20H2,1-2H3/t8-,9+,10+,11+,13-,14-,15-,16+/m1/s1. The van der Waals surface area contributed by atoms with Crippen LogP contribution in [0, 0.1) is 0 Å². The van der Waals surface area contributed by atoms with Gasteiger partial charge in [-0.1, -0.05) is 0 Å². The summed E-state index contributed by atoms with van der Waals surface area (Å²) in [6.07, 6.45) is -1.23. The maximum atomic E-state index is 12.0. The van der Waals surface area contributed by atoms with Gasteiger partial charge in [0, 0.05) is 26.7 Å². The Morgan fingerprint density at radius 2 is 1.96 bits per heavy atom. The van der Waals surface area contributed by atoms with Crippen molar-refractivity contribution in [2.75, 3.05) is 27.2 Å². The van der Waals surface area contributed by atoms with Gasteiger partial charge >= 0.3 is 0 Å². The van der Waals surface area contributed by atoms with E-state index in [9.17, 15) is 9.90 Å². The minimum Gasteiger partial charge on any atom is -0.388 e. The predicted molar refractivity (Wildman–Crippen MR) is 94.8 cm³/mol. The third-order valence-electron chi connectivity index (χ3n) is 5.36. The lowest BCUT2D eigenvalue weighted by atomic mass is 9.83. The monoisotopic (exact) mass is 375 g/mol. The fraction of sp³-hybridized carbons (Fsp3) is 0.938. The van der Waals surface area contributed by atoms with Crippen molar-refractivity contribution < 1.29 is 24.1 Å². The number of amides is 1. The first-order chi connectivity index (χ1) is 12.3. The molecule has 1 heterocycles. The molecule has 0 aromatic carbocycles. The van der Waals surface area contributed by atoms with Crippen LogP contribution in [-0.4, -0.2) is 92.0 Å². The molecule has 1 aliphatic carbocycles. The van der Waals surface area contributed by atoms with Gasteiger partial charge in [0.05, 0.1) is 30.8 Å². The van der Waals surface area contributed by atoms with E-state index in [0.717, 1.165) is 6.42 Å². The first kappa shape index (κ1) is 21.5. The third kappa shape index (κ3) is 4.52. The summed E-state index contributed by atoms with van der Waals surface area (Å²) in [6.45, 7) is 0.205. The number of methoxy groups -OCH3 is 1. The minimum atomic E-state index is -1.07. The van der Waals surface area contributed by atoms with Gasteiger partial charge in [0.2, 0.25) is 5.91 Å². The van der Waals surface area contributed by atoms with Crippen LogP contribution >= 0.6 is 0 Å². The molecule has 10 heteroatoms. The molecule has 2 rings (SSSR count). The Kier molecular flexibility index (Phi) is 7.74. The lowest BCUT2D eigenvalue weighted by molar-refractivity contribution is -0.253. The van der Waals surface area contributed by atoms with Gasteiger partial charge in [0.15, 0.2) is 6.29 Å². The molecular formula is C16H33N5O5. The predicted octanol–water partition coefficient (Wildman–Crippen LogP) is -2.94. The van der Waals surface area contributed by atoms with Gasteiger partial charge in [-0.05, 0) is 19.3 Å². The average Bonchev–Trinajstić information content (AvgIpc) is 2.64. The highest BCUT2D eigenvalue weighted by Crippen LogP contribution is 2.30. The van der Waals surface area contributed by atoms with Gasteiger partial charge in [0.1, 0.15) is 12.2 Å². The van der Waals surface area contributed by atoms with Crippen molar-refractivity contribution in [3.63, 3.8) is 0 Å². The second-order valence-corrected chi connectivity index (χ2v) is 7.07. The lowest BCUT2D eigenvalue weighted by Gasteiger charge is -2.48. The second kappa shape index (κ2) is 9.38. The van der Waals surface area contributed by atoms with Crippen molar-refractivity contribution in [1.29, 1.82) is 0 Å². The maximum absolute atomic E-state index is 12.0. The van der Waals surface area contributed by atoms with Gasteiger partial charge in [0.25, 0.3) is 0 Å². The molecule has 1 saturated heterocycles. The number of ether oxygens (including phenoxy) is 3. The summed E-state index contributed by atoms with van der Waals surface area (Å²) in [5, 5.41) is 10.9. The van der Waals surface area contributed by atoms with Crippen molar-refractivity contribution in [2.45, 2.75) is 68.1 Å². The normalized spacial score (nSPS) is 41.0. The number of rotatable bonds is 6. The Balaban J connectivity index is 2.15. The Morgan fingerprint density at radius 3 is 2.54 bits per heavy atom. The molecule has 8 atom stereocenters. The second-order valence-electron chi connectivity index (χ2n) is 7.07. The first-order valence-corrected chi connectivity index (χ1v) is 9.02. The van der Waals surface area contributed by atoms with Crippen LogP contribution < -0.4 is 22.9 Å². The average molecular weight is 375 g/mol. The van der Waals surface area contributed by atoms with Gasteiger partial charge < -0.3 is 47.2 Å². The SMILES string of the molecule is CO[C@H]1C[C@H](N)[C@@H](O[C@@H]2O[C@@H](CN)CC[C@@H]2N)[C@H](O)[C@@H]1N(C)C(=O)CN. The van der Waals surface area contributed by atoms with E-state index < -0.39 is 36.7 Å². The van der Waals surface area contributed by atoms with Crippen LogP contribution in [0.1, 0.15) is 19.3 Å². The molecule has 0 spiro atoms. The highest BCUT2D eigenvalue weighted by Gasteiger charge is 2.48. The molecule has 1 aliphatic heterocycles. The van der Waals surface area contributed by atoms with E-state index in [1.807, 2.05) is 0 Å². The van der Waals surface area contributed by atoms with E-state index >= 15 is 0 Å². The third-order valence-corrected chi connectivity index (χ3v) is 5.36. The summed E-state index contributed by atoms with van der Waals surface area (Å²) < 4.78 is 17.2. The van der Waals surface area contributed by atoms with Crippen molar-refractivity contribution in [3.8, 4) is 0 Å². The molecule has 10 nitrogen and oxygen atoms in total. The number of likely N-dealkylation sites (N-methyl/N-ethyl adjacent to an activating group) is 1.